The van der Waals surface area contributed by atoms with Crippen LogP contribution in [-0.2, 0) is 9.53 Å². The molecule has 0 saturated heterocycles. The van der Waals surface area contributed by atoms with E-state index in [0.29, 0.717) is 6.61 Å². The Hall–Kier alpha value is -1.63. The Labute approximate surface area is 81.7 Å². The number of hydrogen-bond acceptors (Lipinski definition) is 5. The molecule has 0 aliphatic heterocycles. The fraction of sp³-hybridized carbons (Fsp3) is 0.571. The predicted octanol–water partition coefficient (Wildman–Crippen LogP) is -0.0705. The van der Waals surface area contributed by atoms with E-state index < -0.39 is 5.09 Å². The van der Waals surface area contributed by atoms with Crippen molar-refractivity contribution in [1.29, 1.82) is 0 Å². The molecule has 82 valence electrons. The van der Waals surface area contributed by atoms with Gasteiger partial charge in [0.05, 0.1) is 0 Å². The van der Waals surface area contributed by atoms with Crippen LogP contribution in [0.2, 0.25) is 0 Å². The zero-order chi connectivity index (χ0) is 11.6. The monoisotopic (exact) mass is 206 g/mol. The molecule has 0 aliphatic rings. The number of esters is 1. The van der Waals surface area contributed by atoms with Crippen LogP contribution in [0, 0.1) is 10.1 Å². The van der Waals surface area contributed by atoms with Gasteiger partial charge in [-0.05, 0) is 14.1 Å². The van der Waals surface area contributed by atoms with Crippen molar-refractivity contribution >= 4 is 5.97 Å². The molecule has 7 nitrogen and oxygen atoms in total. The molecule has 0 unspecified atom stereocenters. The molecule has 0 amide bonds. The molecule has 0 spiro atoms. The van der Waals surface area contributed by atoms with Crippen molar-refractivity contribution in [1.82, 2.24) is 4.90 Å². The smallest absolute Gasteiger partial charge is 0.330 e. The average molecular weight is 206 g/mol. The predicted molar refractivity (Wildman–Crippen MR) is 48.5 cm³/mol. The van der Waals surface area contributed by atoms with Crippen molar-refractivity contribution in [3.05, 3.63) is 22.8 Å². The molecule has 0 aromatic rings. The van der Waals surface area contributed by atoms with Crippen molar-refractivity contribution in [2.24, 2.45) is 0 Å². The summed E-state index contributed by atoms with van der Waals surface area (Å²) in [5, 5.41) is 13.6. The third-order valence-electron chi connectivity index (χ3n) is 0.949. The molecule has 1 N–H and O–H groups in total. The van der Waals surface area contributed by atoms with Crippen LogP contribution in [-0.4, -0.2) is 48.4 Å². The maximum absolute atomic E-state index is 10.4. The molecule has 0 atom stereocenters. The lowest BCUT2D eigenvalue weighted by Gasteiger charge is -2.07. The van der Waals surface area contributed by atoms with E-state index in [4.69, 9.17) is 20.1 Å². The Balaban J connectivity index is 0. The molecule has 0 heterocycles. The van der Waals surface area contributed by atoms with Gasteiger partial charge in [0.15, 0.2) is 0 Å². The minimum Gasteiger partial charge on any atom is -0.461 e. The second-order valence-electron chi connectivity index (χ2n) is 2.41. The average Bonchev–Trinajstić information content (AvgIpc) is 2.02. The van der Waals surface area contributed by atoms with Crippen LogP contribution in [0.25, 0.3) is 0 Å². The molecule has 14 heavy (non-hydrogen) atoms. The topological polar surface area (TPSA) is 92.9 Å². The first kappa shape index (κ1) is 14.9. The van der Waals surface area contributed by atoms with E-state index in [1.54, 1.807) is 0 Å². The Morgan fingerprint density at radius 3 is 2.43 bits per heavy atom. The lowest BCUT2D eigenvalue weighted by Crippen LogP contribution is -2.19. The molecule has 0 saturated carbocycles. The van der Waals surface area contributed by atoms with Gasteiger partial charge in [0, 0.05) is 12.6 Å². The van der Waals surface area contributed by atoms with Gasteiger partial charge in [-0.25, -0.2) is 4.79 Å². The van der Waals surface area contributed by atoms with E-state index in [1.165, 1.54) is 0 Å². The zero-order valence-corrected chi connectivity index (χ0v) is 8.17. The van der Waals surface area contributed by atoms with Crippen LogP contribution >= 0.6 is 0 Å². The van der Waals surface area contributed by atoms with Gasteiger partial charge in [0.25, 0.3) is 5.09 Å². The van der Waals surface area contributed by atoms with E-state index in [1.807, 2.05) is 19.0 Å². The molecule has 0 aliphatic carbocycles. The highest BCUT2D eigenvalue weighted by Crippen LogP contribution is 1.80. The molecule has 0 radical (unpaired) electrons. The van der Waals surface area contributed by atoms with E-state index in [0.717, 1.165) is 12.6 Å². The van der Waals surface area contributed by atoms with Crippen molar-refractivity contribution in [2.45, 2.75) is 0 Å². The summed E-state index contributed by atoms with van der Waals surface area (Å²) >= 11 is 0. The summed E-state index contributed by atoms with van der Waals surface area (Å²) in [7, 11) is 3.84. The van der Waals surface area contributed by atoms with E-state index in [2.05, 4.69) is 6.58 Å². The number of hydrogen-bond donors (Lipinski definition) is 1. The summed E-state index contributed by atoms with van der Waals surface area (Å²) < 4.78 is 4.70. The molecule has 0 rings (SSSR count). The highest BCUT2D eigenvalue weighted by molar-refractivity contribution is 5.81. The molecule has 0 bridgehead atoms. The molecular formula is C7H14N2O5. The van der Waals surface area contributed by atoms with Crippen molar-refractivity contribution in [3.8, 4) is 0 Å². The summed E-state index contributed by atoms with van der Waals surface area (Å²) in [5.74, 6) is -0.359. The lowest BCUT2D eigenvalue weighted by atomic mass is 10.6. The Morgan fingerprint density at radius 1 is 1.71 bits per heavy atom. The molecule has 0 aromatic carbocycles. The van der Waals surface area contributed by atoms with Crippen LogP contribution in [0.3, 0.4) is 0 Å². The Kier molecular flexibility index (Phi) is 10.0. The highest BCUT2D eigenvalue weighted by atomic mass is 16.9. The van der Waals surface area contributed by atoms with Crippen LogP contribution in [0.1, 0.15) is 0 Å². The number of carbonyl (C=O) groups is 1. The number of nitrogens with zero attached hydrogens (tertiary/aromatic N) is 2. The number of carbonyl (C=O) groups excluding carboxylic acids is 1. The van der Waals surface area contributed by atoms with Gasteiger partial charge < -0.3 is 14.8 Å². The maximum atomic E-state index is 10.4. The van der Waals surface area contributed by atoms with Crippen LogP contribution in [0.4, 0.5) is 0 Å². The molecule has 0 aromatic heterocycles. The summed E-state index contributed by atoms with van der Waals surface area (Å²) in [5.41, 5.74) is 0. The fourth-order valence-corrected chi connectivity index (χ4v) is 0.388. The number of ether oxygens (including phenoxy) is 1. The first-order chi connectivity index (χ1) is 6.40. The standard InChI is InChI=1S/C7H13NO2.HNO3/c1-4-7(9)10-6-5-8(2)3;2-1(3)4/h4H,1,5-6H2,2-3H3;(H,2,3,4). The summed E-state index contributed by atoms with van der Waals surface area (Å²) in [6.07, 6.45) is 1.16. The molecule has 0 fully saturated rings. The first-order valence-corrected chi connectivity index (χ1v) is 3.67. The quantitative estimate of drug-likeness (QED) is 0.299. The molecular weight excluding hydrogens is 192 g/mol. The highest BCUT2D eigenvalue weighted by Gasteiger charge is 1.94. The molecule has 7 heteroatoms. The number of rotatable bonds is 4. The van der Waals surface area contributed by atoms with Crippen molar-refractivity contribution < 1.29 is 19.8 Å². The van der Waals surface area contributed by atoms with Crippen LogP contribution in [0.15, 0.2) is 12.7 Å². The Bertz CT molecular complexity index is 189. The van der Waals surface area contributed by atoms with E-state index in [9.17, 15) is 4.79 Å². The van der Waals surface area contributed by atoms with Gasteiger partial charge in [0.2, 0.25) is 0 Å². The van der Waals surface area contributed by atoms with Gasteiger partial charge in [-0.3, -0.25) is 0 Å². The van der Waals surface area contributed by atoms with Gasteiger partial charge >= 0.3 is 5.97 Å². The second-order valence-corrected chi connectivity index (χ2v) is 2.41. The third-order valence-corrected chi connectivity index (χ3v) is 0.949. The maximum Gasteiger partial charge on any atom is 0.330 e. The zero-order valence-electron chi connectivity index (χ0n) is 8.17. The first-order valence-electron chi connectivity index (χ1n) is 3.67. The minimum atomic E-state index is -1.50. The van der Waals surface area contributed by atoms with Gasteiger partial charge in [0.1, 0.15) is 6.61 Å². The normalized spacial score (nSPS) is 8.50. The van der Waals surface area contributed by atoms with E-state index in [-0.39, 0.29) is 5.97 Å². The second kappa shape index (κ2) is 9.46. The van der Waals surface area contributed by atoms with Gasteiger partial charge in [-0.1, -0.05) is 6.58 Å². The largest absolute Gasteiger partial charge is 0.461 e. The van der Waals surface area contributed by atoms with Crippen molar-refractivity contribution in [3.63, 3.8) is 0 Å². The van der Waals surface area contributed by atoms with Crippen LogP contribution < -0.4 is 0 Å². The fourth-order valence-electron chi connectivity index (χ4n) is 0.388. The summed E-state index contributed by atoms with van der Waals surface area (Å²) in [6.45, 7) is 4.45. The number of likely N-dealkylation sites (N-methyl/N-ethyl adjacent to an activating group) is 1. The summed E-state index contributed by atoms with van der Waals surface area (Å²) in [4.78, 5) is 20.7. The van der Waals surface area contributed by atoms with Gasteiger partial charge in [-0.2, -0.15) is 0 Å². The van der Waals surface area contributed by atoms with Crippen molar-refractivity contribution in [2.75, 3.05) is 27.2 Å². The summed E-state index contributed by atoms with van der Waals surface area (Å²) in [6, 6.07) is 0. The lowest BCUT2D eigenvalue weighted by molar-refractivity contribution is -0.742. The van der Waals surface area contributed by atoms with Gasteiger partial charge in [-0.15, -0.1) is 10.1 Å². The van der Waals surface area contributed by atoms with Crippen LogP contribution in [0.5, 0.6) is 0 Å². The Morgan fingerprint density at radius 2 is 2.14 bits per heavy atom. The minimum absolute atomic E-state index is 0.359. The van der Waals surface area contributed by atoms with E-state index >= 15 is 0 Å². The SMILES string of the molecule is C=CC(=O)OCCN(C)C.O=[N+]([O-])O. The third kappa shape index (κ3) is 22.4.